The first kappa shape index (κ1) is 9.26. The predicted molar refractivity (Wildman–Crippen MR) is 53.9 cm³/mol. The minimum atomic E-state index is -0.0920. The van der Waals surface area contributed by atoms with Gasteiger partial charge in [0.2, 0.25) is 0 Å². The molecule has 74 valence electrons. The summed E-state index contributed by atoms with van der Waals surface area (Å²) in [6.07, 6.45) is 4.70. The van der Waals surface area contributed by atoms with Gasteiger partial charge in [0.05, 0.1) is 11.8 Å². The third-order valence-electron chi connectivity index (χ3n) is 2.99. The van der Waals surface area contributed by atoms with E-state index in [9.17, 15) is 0 Å². The van der Waals surface area contributed by atoms with Crippen molar-refractivity contribution in [2.45, 2.75) is 38.5 Å². The maximum Gasteiger partial charge on any atom is 0.126 e. The molecule has 1 unspecified atom stereocenters. The molecule has 1 aliphatic carbocycles. The molecule has 0 bridgehead atoms. The zero-order valence-corrected chi connectivity index (χ0v) is 8.75. The molecule has 0 radical (unpaired) electrons. The van der Waals surface area contributed by atoms with Crippen molar-refractivity contribution in [3.05, 3.63) is 17.2 Å². The van der Waals surface area contributed by atoms with Gasteiger partial charge in [0, 0.05) is 12.7 Å². The Hall–Kier alpha value is -1.30. The van der Waals surface area contributed by atoms with Gasteiger partial charge in [-0.3, -0.25) is 0 Å². The minimum Gasteiger partial charge on any atom is -0.334 e. The molecule has 1 aliphatic rings. The van der Waals surface area contributed by atoms with E-state index in [2.05, 4.69) is 15.6 Å². The zero-order chi connectivity index (χ0) is 10.1. The Kier molecular flexibility index (Phi) is 2.28. The minimum absolute atomic E-state index is 0.0920. The standard InChI is InChI=1S/C11H15N3/c1-8(7-12)11-13-9-5-3-4-6-10(9)14(11)2/h8H,3-6H2,1-2H3. The number of rotatable bonds is 1. The van der Waals surface area contributed by atoms with Crippen molar-refractivity contribution in [3.63, 3.8) is 0 Å². The first-order valence-corrected chi connectivity index (χ1v) is 5.18. The Morgan fingerprint density at radius 3 is 2.79 bits per heavy atom. The van der Waals surface area contributed by atoms with E-state index >= 15 is 0 Å². The van der Waals surface area contributed by atoms with Gasteiger partial charge in [0.25, 0.3) is 0 Å². The fourth-order valence-corrected chi connectivity index (χ4v) is 2.15. The van der Waals surface area contributed by atoms with E-state index in [1.807, 2.05) is 14.0 Å². The predicted octanol–water partition coefficient (Wildman–Crippen LogP) is 1.93. The van der Waals surface area contributed by atoms with Gasteiger partial charge >= 0.3 is 0 Å². The van der Waals surface area contributed by atoms with E-state index in [0.717, 1.165) is 18.7 Å². The van der Waals surface area contributed by atoms with Gasteiger partial charge in [-0.25, -0.2) is 4.98 Å². The normalized spacial score (nSPS) is 17.2. The molecule has 1 atom stereocenters. The number of hydrogen-bond acceptors (Lipinski definition) is 2. The van der Waals surface area contributed by atoms with Crippen LogP contribution < -0.4 is 0 Å². The van der Waals surface area contributed by atoms with Crippen LogP contribution in [0.15, 0.2) is 0 Å². The van der Waals surface area contributed by atoms with E-state index in [1.54, 1.807) is 0 Å². The first-order chi connectivity index (χ1) is 6.74. The lowest BCUT2D eigenvalue weighted by atomic mass is 10.0. The van der Waals surface area contributed by atoms with Crippen LogP contribution >= 0.6 is 0 Å². The number of fused-ring (bicyclic) bond motifs is 1. The highest BCUT2D eigenvalue weighted by Gasteiger charge is 2.20. The largest absolute Gasteiger partial charge is 0.334 e. The molecule has 0 saturated carbocycles. The van der Waals surface area contributed by atoms with Crippen LogP contribution in [0, 0.1) is 11.3 Å². The van der Waals surface area contributed by atoms with E-state index < -0.39 is 0 Å². The molecule has 2 rings (SSSR count). The summed E-state index contributed by atoms with van der Waals surface area (Å²) in [5, 5.41) is 8.87. The Balaban J connectivity index is 2.44. The number of nitriles is 1. The molecule has 0 amide bonds. The third-order valence-corrected chi connectivity index (χ3v) is 2.99. The summed E-state index contributed by atoms with van der Waals surface area (Å²) >= 11 is 0. The molecule has 0 aromatic carbocycles. The second-order valence-corrected chi connectivity index (χ2v) is 3.98. The third kappa shape index (κ3) is 1.31. The molecular formula is C11H15N3. The molecule has 3 heteroatoms. The smallest absolute Gasteiger partial charge is 0.126 e. The van der Waals surface area contributed by atoms with Crippen LogP contribution in [0.3, 0.4) is 0 Å². The number of hydrogen-bond donors (Lipinski definition) is 0. The van der Waals surface area contributed by atoms with Crippen LogP contribution in [-0.4, -0.2) is 9.55 Å². The summed E-state index contributed by atoms with van der Waals surface area (Å²) in [6, 6.07) is 2.25. The number of nitrogens with zero attached hydrogens (tertiary/aromatic N) is 3. The number of aryl methyl sites for hydroxylation is 1. The summed E-state index contributed by atoms with van der Waals surface area (Å²) in [6.45, 7) is 1.91. The van der Waals surface area contributed by atoms with Crippen molar-refractivity contribution in [1.82, 2.24) is 9.55 Å². The average Bonchev–Trinajstić information content (AvgIpc) is 2.56. The maximum absolute atomic E-state index is 8.87. The van der Waals surface area contributed by atoms with E-state index in [0.29, 0.717) is 0 Å². The average molecular weight is 189 g/mol. The molecule has 0 spiro atoms. The molecular weight excluding hydrogens is 174 g/mol. The Morgan fingerprint density at radius 2 is 2.14 bits per heavy atom. The van der Waals surface area contributed by atoms with Crippen molar-refractivity contribution in [2.75, 3.05) is 0 Å². The first-order valence-electron chi connectivity index (χ1n) is 5.18. The quantitative estimate of drug-likeness (QED) is 0.677. The van der Waals surface area contributed by atoms with Gasteiger partial charge in [-0.05, 0) is 32.6 Å². The van der Waals surface area contributed by atoms with Crippen molar-refractivity contribution in [3.8, 4) is 6.07 Å². The van der Waals surface area contributed by atoms with Crippen LogP contribution in [0.2, 0.25) is 0 Å². The molecule has 1 heterocycles. The SMILES string of the molecule is CC(C#N)c1nc2c(n1C)CCCC2. The van der Waals surface area contributed by atoms with E-state index in [4.69, 9.17) is 5.26 Å². The molecule has 0 N–H and O–H groups in total. The monoisotopic (exact) mass is 189 g/mol. The molecule has 1 aromatic rings. The van der Waals surface area contributed by atoms with Crippen LogP contribution in [0.4, 0.5) is 0 Å². The van der Waals surface area contributed by atoms with Crippen LogP contribution in [0.25, 0.3) is 0 Å². The highest BCUT2D eigenvalue weighted by molar-refractivity contribution is 5.23. The molecule has 1 aromatic heterocycles. The molecule has 0 saturated heterocycles. The van der Waals surface area contributed by atoms with Gasteiger partial charge < -0.3 is 4.57 Å². The summed E-state index contributed by atoms with van der Waals surface area (Å²) < 4.78 is 2.11. The summed E-state index contributed by atoms with van der Waals surface area (Å²) in [7, 11) is 2.03. The van der Waals surface area contributed by atoms with E-state index in [1.165, 1.54) is 24.2 Å². The number of aromatic nitrogens is 2. The Bertz CT molecular complexity index is 384. The molecule has 0 aliphatic heterocycles. The topological polar surface area (TPSA) is 41.6 Å². The Labute approximate surface area is 84.4 Å². The van der Waals surface area contributed by atoms with Crippen molar-refractivity contribution < 1.29 is 0 Å². The lowest BCUT2D eigenvalue weighted by Gasteiger charge is -2.11. The van der Waals surface area contributed by atoms with Crippen molar-refractivity contribution >= 4 is 0 Å². The second-order valence-electron chi connectivity index (χ2n) is 3.98. The highest BCUT2D eigenvalue weighted by atomic mass is 15.1. The lowest BCUT2D eigenvalue weighted by molar-refractivity contribution is 0.638. The van der Waals surface area contributed by atoms with Crippen LogP contribution in [0.1, 0.15) is 42.9 Å². The number of imidazole rings is 1. The maximum atomic E-state index is 8.87. The molecule has 3 nitrogen and oxygen atoms in total. The van der Waals surface area contributed by atoms with Gasteiger partial charge in [0.15, 0.2) is 0 Å². The molecule has 14 heavy (non-hydrogen) atoms. The van der Waals surface area contributed by atoms with E-state index in [-0.39, 0.29) is 5.92 Å². The summed E-state index contributed by atoms with van der Waals surface area (Å²) in [5.41, 5.74) is 2.56. The highest BCUT2D eigenvalue weighted by Crippen LogP contribution is 2.24. The summed E-state index contributed by atoms with van der Waals surface area (Å²) in [4.78, 5) is 4.56. The van der Waals surface area contributed by atoms with Crippen LogP contribution in [0.5, 0.6) is 0 Å². The van der Waals surface area contributed by atoms with Crippen molar-refractivity contribution in [2.24, 2.45) is 7.05 Å². The zero-order valence-electron chi connectivity index (χ0n) is 8.75. The molecule has 0 fully saturated rings. The van der Waals surface area contributed by atoms with Gasteiger partial charge in [-0.1, -0.05) is 0 Å². The Morgan fingerprint density at radius 1 is 1.43 bits per heavy atom. The van der Waals surface area contributed by atoms with Crippen molar-refractivity contribution in [1.29, 1.82) is 5.26 Å². The second kappa shape index (κ2) is 3.45. The van der Waals surface area contributed by atoms with Gasteiger partial charge in [0.1, 0.15) is 11.7 Å². The lowest BCUT2D eigenvalue weighted by Crippen LogP contribution is -2.07. The van der Waals surface area contributed by atoms with Gasteiger partial charge in [-0.15, -0.1) is 0 Å². The van der Waals surface area contributed by atoms with Crippen LogP contribution in [-0.2, 0) is 19.9 Å². The van der Waals surface area contributed by atoms with Gasteiger partial charge in [-0.2, -0.15) is 5.26 Å². The fourth-order valence-electron chi connectivity index (χ4n) is 2.15. The summed E-state index contributed by atoms with van der Waals surface area (Å²) in [5.74, 6) is 0.838. The fraction of sp³-hybridized carbons (Fsp3) is 0.636.